The van der Waals surface area contributed by atoms with Gasteiger partial charge in [-0.25, -0.2) is 10.8 Å². The predicted molar refractivity (Wildman–Crippen MR) is 56.8 cm³/mol. The Balaban J connectivity index is 3.05. The van der Waals surface area contributed by atoms with Gasteiger partial charge in [-0.05, 0) is 20.8 Å². The van der Waals surface area contributed by atoms with Crippen LogP contribution < -0.4 is 11.3 Å². The molecule has 0 radical (unpaired) electrons. The van der Waals surface area contributed by atoms with Crippen LogP contribution in [0.25, 0.3) is 0 Å². The number of hydrazine groups is 1. The number of amidine groups is 1. The van der Waals surface area contributed by atoms with E-state index in [0.717, 1.165) is 5.69 Å². The van der Waals surface area contributed by atoms with E-state index >= 15 is 0 Å². The van der Waals surface area contributed by atoms with E-state index in [4.69, 9.17) is 5.84 Å². The fraction of sp³-hybridized carbons (Fsp3) is 0.556. The second kappa shape index (κ2) is 3.79. The summed E-state index contributed by atoms with van der Waals surface area (Å²) in [6, 6.07) is 0. The van der Waals surface area contributed by atoms with Crippen molar-refractivity contribution < 1.29 is 0 Å². The normalized spacial score (nSPS) is 13.1. The molecule has 3 N–H and O–H groups in total. The summed E-state index contributed by atoms with van der Waals surface area (Å²) in [6.45, 7) is 6.04. The highest BCUT2D eigenvalue weighted by molar-refractivity contribution is 5.96. The van der Waals surface area contributed by atoms with Crippen molar-refractivity contribution in [2.75, 3.05) is 0 Å². The third-order valence-electron chi connectivity index (χ3n) is 1.64. The number of hydrogen-bond acceptors (Lipinski definition) is 3. The Kier molecular flexibility index (Phi) is 2.90. The topological polar surface area (TPSA) is 68.2 Å². The first-order chi connectivity index (χ1) is 6.44. The molecule has 0 aliphatic carbocycles. The molecule has 0 bridgehead atoms. The molecule has 0 saturated carbocycles. The number of nitrogens with one attached hydrogen (secondary N) is 1. The van der Waals surface area contributed by atoms with E-state index in [0.29, 0.717) is 5.84 Å². The van der Waals surface area contributed by atoms with Crippen molar-refractivity contribution in [1.29, 1.82) is 0 Å². The second-order valence-electron chi connectivity index (χ2n) is 4.17. The summed E-state index contributed by atoms with van der Waals surface area (Å²) in [6.07, 6.45) is 3.44. The molecule has 0 amide bonds. The van der Waals surface area contributed by atoms with Crippen LogP contribution in [0.2, 0.25) is 0 Å². The SMILES string of the molecule is Cn1cncc1C(=NC(C)(C)C)NN. The zero-order valence-corrected chi connectivity index (χ0v) is 9.07. The summed E-state index contributed by atoms with van der Waals surface area (Å²) >= 11 is 0. The van der Waals surface area contributed by atoms with Gasteiger partial charge in [-0.3, -0.25) is 4.99 Å². The average molecular weight is 195 g/mol. The molecule has 1 rings (SSSR count). The number of rotatable bonds is 1. The van der Waals surface area contributed by atoms with E-state index in [1.807, 2.05) is 32.4 Å². The quantitative estimate of drug-likeness (QED) is 0.295. The molecule has 0 saturated heterocycles. The molecule has 0 spiro atoms. The molecule has 5 nitrogen and oxygen atoms in total. The molecule has 1 aromatic rings. The van der Waals surface area contributed by atoms with E-state index in [-0.39, 0.29) is 5.54 Å². The van der Waals surface area contributed by atoms with Crippen molar-refractivity contribution in [3.8, 4) is 0 Å². The molecule has 78 valence electrons. The summed E-state index contributed by atoms with van der Waals surface area (Å²) in [5.41, 5.74) is 3.31. The van der Waals surface area contributed by atoms with Gasteiger partial charge in [-0.2, -0.15) is 0 Å². The number of hydrogen-bond donors (Lipinski definition) is 2. The van der Waals surface area contributed by atoms with Crippen molar-refractivity contribution >= 4 is 5.84 Å². The fourth-order valence-corrected chi connectivity index (χ4v) is 1.08. The first-order valence-electron chi connectivity index (χ1n) is 4.47. The molecule has 0 unspecified atom stereocenters. The lowest BCUT2D eigenvalue weighted by Gasteiger charge is -2.15. The third-order valence-corrected chi connectivity index (χ3v) is 1.64. The molecule has 1 heterocycles. The lowest BCUT2D eigenvalue weighted by Crippen LogP contribution is -2.34. The van der Waals surface area contributed by atoms with Crippen molar-refractivity contribution in [2.45, 2.75) is 26.3 Å². The smallest absolute Gasteiger partial charge is 0.161 e. The van der Waals surface area contributed by atoms with Gasteiger partial charge < -0.3 is 9.99 Å². The van der Waals surface area contributed by atoms with Crippen LogP contribution in [0.1, 0.15) is 26.5 Å². The van der Waals surface area contributed by atoms with Crippen LogP contribution in [0, 0.1) is 0 Å². The number of nitrogens with zero attached hydrogens (tertiary/aromatic N) is 3. The Morgan fingerprint density at radius 2 is 2.21 bits per heavy atom. The Labute approximate surface area is 84.0 Å². The predicted octanol–water partition coefficient (Wildman–Crippen LogP) is 0.428. The van der Waals surface area contributed by atoms with E-state index in [1.165, 1.54) is 0 Å². The maximum atomic E-state index is 5.42. The van der Waals surface area contributed by atoms with Gasteiger partial charge in [-0.1, -0.05) is 0 Å². The van der Waals surface area contributed by atoms with Crippen LogP contribution in [-0.4, -0.2) is 20.9 Å². The Morgan fingerprint density at radius 1 is 1.57 bits per heavy atom. The Bertz CT molecular complexity index is 331. The van der Waals surface area contributed by atoms with Gasteiger partial charge in [0, 0.05) is 7.05 Å². The van der Waals surface area contributed by atoms with Crippen LogP contribution in [0.4, 0.5) is 0 Å². The van der Waals surface area contributed by atoms with Crippen LogP contribution in [-0.2, 0) is 7.05 Å². The van der Waals surface area contributed by atoms with Gasteiger partial charge >= 0.3 is 0 Å². The zero-order valence-electron chi connectivity index (χ0n) is 9.07. The van der Waals surface area contributed by atoms with Crippen molar-refractivity contribution in [3.05, 3.63) is 18.2 Å². The van der Waals surface area contributed by atoms with Gasteiger partial charge in [0.25, 0.3) is 0 Å². The lowest BCUT2D eigenvalue weighted by molar-refractivity contribution is 0.579. The van der Waals surface area contributed by atoms with E-state index in [9.17, 15) is 0 Å². The highest BCUT2D eigenvalue weighted by Crippen LogP contribution is 2.08. The maximum Gasteiger partial charge on any atom is 0.161 e. The molecular weight excluding hydrogens is 178 g/mol. The Morgan fingerprint density at radius 3 is 2.57 bits per heavy atom. The average Bonchev–Trinajstić information content (AvgIpc) is 2.45. The molecule has 0 aliphatic heterocycles. The number of aliphatic imine (C=N–C) groups is 1. The minimum Gasteiger partial charge on any atom is -0.331 e. The molecule has 5 heteroatoms. The summed E-state index contributed by atoms with van der Waals surface area (Å²) in [5.74, 6) is 6.07. The lowest BCUT2D eigenvalue weighted by atomic mass is 10.1. The van der Waals surface area contributed by atoms with E-state index < -0.39 is 0 Å². The summed E-state index contributed by atoms with van der Waals surface area (Å²) in [7, 11) is 1.90. The van der Waals surface area contributed by atoms with Gasteiger partial charge in [0.05, 0.1) is 18.1 Å². The van der Waals surface area contributed by atoms with Crippen molar-refractivity contribution in [3.63, 3.8) is 0 Å². The molecule has 14 heavy (non-hydrogen) atoms. The van der Waals surface area contributed by atoms with Crippen LogP contribution in [0.5, 0.6) is 0 Å². The fourth-order valence-electron chi connectivity index (χ4n) is 1.08. The van der Waals surface area contributed by atoms with Gasteiger partial charge in [0.15, 0.2) is 5.84 Å². The van der Waals surface area contributed by atoms with Crippen LogP contribution in [0.15, 0.2) is 17.5 Å². The molecule has 0 aromatic carbocycles. The minimum absolute atomic E-state index is 0.161. The first kappa shape index (κ1) is 10.7. The summed E-state index contributed by atoms with van der Waals surface area (Å²) < 4.78 is 1.87. The van der Waals surface area contributed by atoms with E-state index in [2.05, 4.69) is 15.4 Å². The van der Waals surface area contributed by atoms with E-state index in [1.54, 1.807) is 12.5 Å². The number of nitrogens with two attached hydrogens (primary N) is 1. The minimum atomic E-state index is -0.161. The Hall–Kier alpha value is -1.36. The highest BCUT2D eigenvalue weighted by Gasteiger charge is 2.12. The number of imidazole rings is 1. The first-order valence-corrected chi connectivity index (χ1v) is 4.47. The highest BCUT2D eigenvalue weighted by atomic mass is 15.3. The van der Waals surface area contributed by atoms with Crippen LogP contribution >= 0.6 is 0 Å². The largest absolute Gasteiger partial charge is 0.331 e. The van der Waals surface area contributed by atoms with Gasteiger partial charge in [0.2, 0.25) is 0 Å². The van der Waals surface area contributed by atoms with Gasteiger partial charge in [-0.15, -0.1) is 0 Å². The molecule has 0 aliphatic rings. The molecule has 0 fully saturated rings. The van der Waals surface area contributed by atoms with Crippen molar-refractivity contribution in [1.82, 2.24) is 15.0 Å². The monoisotopic (exact) mass is 195 g/mol. The number of aromatic nitrogens is 2. The second-order valence-corrected chi connectivity index (χ2v) is 4.17. The maximum absolute atomic E-state index is 5.42. The molecular formula is C9H17N5. The standard InChI is InChI=1S/C9H17N5/c1-9(2,3)12-8(13-10)7-5-11-6-14(7)4/h5-6H,10H2,1-4H3,(H,12,13). The zero-order chi connectivity index (χ0) is 10.8. The van der Waals surface area contributed by atoms with Crippen molar-refractivity contribution in [2.24, 2.45) is 17.9 Å². The molecule has 1 aromatic heterocycles. The molecule has 0 atom stereocenters. The third kappa shape index (κ3) is 2.56. The van der Waals surface area contributed by atoms with Crippen LogP contribution in [0.3, 0.4) is 0 Å². The summed E-state index contributed by atoms with van der Waals surface area (Å²) in [4.78, 5) is 8.46. The van der Waals surface area contributed by atoms with Gasteiger partial charge in [0.1, 0.15) is 5.69 Å². The summed E-state index contributed by atoms with van der Waals surface area (Å²) in [5, 5.41) is 0. The number of aryl methyl sites for hydroxylation is 1.